The SMILES string of the molecule is COc1cnccc1CN1CCN(C(=O)c2ccc(CS(=O)(=O)c3cccc4cccnc34)cc2OC)CC1. The van der Waals surface area contributed by atoms with E-state index in [1.807, 2.05) is 18.2 Å². The van der Waals surface area contributed by atoms with Gasteiger partial charge < -0.3 is 14.4 Å². The van der Waals surface area contributed by atoms with Crippen LogP contribution >= 0.6 is 0 Å². The van der Waals surface area contributed by atoms with Gasteiger partial charge in [-0.1, -0.05) is 24.3 Å². The molecule has 1 amide bonds. The van der Waals surface area contributed by atoms with Crippen molar-refractivity contribution >= 4 is 26.6 Å². The number of benzene rings is 2. The fraction of sp³-hybridized carbons (Fsp3) is 0.276. The Labute approximate surface area is 227 Å². The van der Waals surface area contributed by atoms with Gasteiger partial charge in [0.25, 0.3) is 5.91 Å². The van der Waals surface area contributed by atoms with Crippen molar-refractivity contribution in [2.24, 2.45) is 0 Å². The molecule has 9 nitrogen and oxygen atoms in total. The summed E-state index contributed by atoms with van der Waals surface area (Å²) in [5.41, 5.74) is 2.45. The van der Waals surface area contributed by atoms with E-state index in [1.54, 1.807) is 67.0 Å². The van der Waals surface area contributed by atoms with Crippen LogP contribution in [0.2, 0.25) is 0 Å². The Morgan fingerprint density at radius 1 is 0.923 bits per heavy atom. The second-order valence-corrected chi connectivity index (χ2v) is 11.3. The van der Waals surface area contributed by atoms with Gasteiger partial charge in [0.1, 0.15) is 11.5 Å². The van der Waals surface area contributed by atoms with Crippen LogP contribution in [-0.4, -0.2) is 74.5 Å². The summed E-state index contributed by atoms with van der Waals surface area (Å²) in [6.07, 6.45) is 5.04. The molecule has 0 N–H and O–H groups in total. The van der Waals surface area contributed by atoms with Crippen molar-refractivity contribution in [1.82, 2.24) is 19.8 Å². The maximum atomic E-state index is 13.4. The number of para-hydroxylation sites is 1. The summed E-state index contributed by atoms with van der Waals surface area (Å²) in [4.78, 5) is 26.0. The van der Waals surface area contributed by atoms with E-state index in [1.165, 1.54) is 7.11 Å². The van der Waals surface area contributed by atoms with Crippen LogP contribution in [0.3, 0.4) is 0 Å². The summed E-state index contributed by atoms with van der Waals surface area (Å²) in [5, 5.41) is 0.761. The minimum Gasteiger partial charge on any atom is -0.496 e. The van der Waals surface area contributed by atoms with Crippen LogP contribution in [0, 0.1) is 0 Å². The Hall–Kier alpha value is -4.02. The van der Waals surface area contributed by atoms with Crippen molar-refractivity contribution in [2.75, 3.05) is 40.4 Å². The van der Waals surface area contributed by atoms with Crippen LogP contribution < -0.4 is 9.47 Å². The van der Waals surface area contributed by atoms with E-state index in [0.717, 1.165) is 29.8 Å². The number of carbonyl (C=O) groups excluding carboxylic acids is 1. The van der Waals surface area contributed by atoms with E-state index >= 15 is 0 Å². The number of hydrogen-bond donors (Lipinski definition) is 0. The number of pyridine rings is 2. The molecule has 0 saturated carbocycles. The van der Waals surface area contributed by atoms with E-state index in [0.29, 0.717) is 42.0 Å². The maximum absolute atomic E-state index is 13.4. The highest BCUT2D eigenvalue weighted by molar-refractivity contribution is 7.90. The minimum atomic E-state index is -3.69. The van der Waals surface area contributed by atoms with Crippen molar-refractivity contribution in [3.63, 3.8) is 0 Å². The second-order valence-electron chi connectivity index (χ2n) is 9.38. The number of sulfone groups is 1. The van der Waals surface area contributed by atoms with Gasteiger partial charge in [0.05, 0.1) is 42.1 Å². The first-order valence-corrected chi connectivity index (χ1v) is 14.3. The molecule has 0 bridgehead atoms. The molecule has 4 aromatic rings. The number of piperazine rings is 1. The summed E-state index contributed by atoms with van der Waals surface area (Å²) < 4.78 is 37.6. The number of hydrogen-bond acceptors (Lipinski definition) is 8. The zero-order valence-electron chi connectivity index (χ0n) is 21.9. The lowest BCUT2D eigenvalue weighted by atomic mass is 10.1. The van der Waals surface area contributed by atoms with Gasteiger partial charge in [0, 0.05) is 56.1 Å². The lowest BCUT2D eigenvalue weighted by Crippen LogP contribution is -2.48. The monoisotopic (exact) mass is 546 g/mol. The molecule has 3 heterocycles. The number of rotatable bonds is 8. The molecular weight excluding hydrogens is 516 g/mol. The number of amides is 1. The predicted molar refractivity (Wildman–Crippen MR) is 148 cm³/mol. The van der Waals surface area contributed by atoms with Crippen molar-refractivity contribution in [1.29, 1.82) is 0 Å². The van der Waals surface area contributed by atoms with E-state index in [9.17, 15) is 13.2 Å². The van der Waals surface area contributed by atoms with Crippen molar-refractivity contribution in [3.8, 4) is 11.5 Å². The minimum absolute atomic E-state index is 0.138. The summed E-state index contributed by atoms with van der Waals surface area (Å²) in [6, 6.07) is 15.6. The lowest BCUT2D eigenvalue weighted by Gasteiger charge is -2.35. The molecule has 1 fully saturated rings. The summed E-state index contributed by atoms with van der Waals surface area (Å²) in [7, 11) is -0.571. The molecule has 5 rings (SSSR count). The Balaban J connectivity index is 1.28. The highest BCUT2D eigenvalue weighted by atomic mass is 32.2. The van der Waals surface area contributed by atoms with Crippen LogP contribution in [0.25, 0.3) is 10.9 Å². The molecule has 0 spiro atoms. The predicted octanol–water partition coefficient (Wildman–Crippen LogP) is 3.58. The third kappa shape index (κ3) is 5.71. The van der Waals surface area contributed by atoms with Crippen molar-refractivity contribution in [3.05, 3.63) is 89.9 Å². The number of fused-ring (bicyclic) bond motifs is 1. The summed E-state index contributed by atoms with van der Waals surface area (Å²) >= 11 is 0. The second kappa shape index (κ2) is 11.4. The number of methoxy groups -OCH3 is 2. The van der Waals surface area contributed by atoms with Crippen molar-refractivity contribution < 1.29 is 22.7 Å². The van der Waals surface area contributed by atoms with E-state index < -0.39 is 9.84 Å². The smallest absolute Gasteiger partial charge is 0.257 e. The van der Waals surface area contributed by atoms with Gasteiger partial charge in [-0.05, 0) is 35.9 Å². The molecule has 2 aromatic heterocycles. The van der Waals surface area contributed by atoms with Crippen LogP contribution in [-0.2, 0) is 22.1 Å². The van der Waals surface area contributed by atoms with E-state index in [2.05, 4.69) is 14.9 Å². The van der Waals surface area contributed by atoms with Gasteiger partial charge in [-0.25, -0.2) is 8.42 Å². The fourth-order valence-electron chi connectivity index (χ4n) is 4.87. The molecule has 1 aliphatic rings. The van der Waals surface area contributed by atoms with Crippen molar-refractivity contribution in [2.45, 2.75) is 17.2 Å². The number of ether oxygens (including phenoxy) is 2. The summed E-state index contributed by atoms with van der Waals surface area (Å²) in [5.74, 6) is 0.734. The molecule has 1 aliphatic heterocycles. The van der Waals surface area contributed by atoms with Gasteiger partial charge >= 0.3 is 0 Å². The Bertz CT molecular complexity index is 1600. The molecule has 0 unspecified atom stereocenters. The molecule has 10 heteroatoms. The Kier molecular flexibility index (Phi) is 7.76. The Morgan fingerprint density at radius 3 is 2.46 bits per heavy atom. The zero-order valence-corrected chi connectivity index (χ0v) is 22.7. The van der Waals surface area contributed by atoms with Gasteiger partial charge in [-0.2, -0.15) is 0 Å². The largest absolute Gasteiger partial charge is 0.496 e. The quantitative estimate of drug-likeness (QED) is 0.331. The molecule has 0 aliphatic carbocycles. The topological polar surface area (TPSA) is 102 Å². The number of nitrogens with zero attached hydrogens (tertiary/aromatic N) is 4. The van der Waals surface area contributed by atoms with Crippen LogP contribution in [0.4, 0.5) is 0 Å². The molecule has 2 aromatic carbocycles. The number of aromatic nitrogens is 2. The molecule has 202 valence electrons. The first kappa shape index (κ1) is 26.6. The first-order chi connectivity index (χ1) is 18.9. The Morgan fingerprint density at radius 2 is 1.69 bits per heavy atom. The third-order valence-corrected chi connectivity index (χ3v) is 8.64. The first-order valence-electron chi connectivity index (χ1n) is 12.6. The van der Waals surface area contributed by atoms with Gasteiger partial charge in [-0.15, -0.1) is 0 Å². The molecule has 0 atom stereocenters. The third-order valence-electron chi connectivity index (χ3n) is 6.93. The van der Waals surface area contributed by atoms with E-state index in [4.69, 9.17) is 9.47 Å². The van der Waals surface area contributed by atoms with Crippen LogP contribution in [0.15, 0.2) is 78.1 Å². The normalized spacial score (nSPS) is 14.4. The van der Waals surface area contributed by atoms with Crippen LogP contribution in [0.1, 0.15) is 21.5 Å². The van der Waals surface area contributed by atoms with E-state index in [-0.39, 0.29) is 16.6 Å². The fourth-order valence-corrected chi connectivity index (χ4v) is 6.39. The highest BCUT2D eigenvalue weighted by Crippen LogP contribution is 2.28. The van der Waals surface area contributed by atoms with Crippen LogP contribution in [0.5, 0.6) is 11.5 Å². The average molecular weight is 547 g/mol. The summed E-state index contributed by atoms with van der Waals surface area (Å²) in [6.45, 7) is 3.29. The number of carbonyl (C=O) groups is 1. The maximum Gasteiger partial charge on any atom is 0.257 e. The standard InChI is InChI=1S/C29H30N4O5S/c1-37-25-17-21(20-39(35,36)27-7-3-5-22-6-4-11-31-28(22)27)8-9-24(25)29(34)33-15-13-32(14-16-33)19-23-10-12-30-18-26(23)38-2/h3-12,17-18H,13-16,19-20H2,1-2H3. The zero-order chi connectivity index (χ0) is 27.4. The van der Waals surface area contributed by atoms with Gasteiger partial charge in [0.15, 0.2) is 9.84 Å². The lowest BCUT2D eigenvalue weighted by molar-refractivity contribution is 0.0624. The molecule has 0 radical (unpaired) electrons. The highest BCUT2D eigenvalue weighted by Gasteiger charge is 2.26. The van der Waals surface area contributed by atoms with Gasteiger partial charge in [-0.3, -0.25) is 19.7 Å². The van der Waals surface area contributed by atoms with Gasteiger partial charge in [0.2, 0.25) is 0 Å². The molecule has 1 saturated heterocycles. The molecule has 39 heavy (non-hydrogen) atoms. The molecular formula is C29H30N4O5S. The average Bonchev–Trinajstić information content (AvgIpc) is 2.97.